The van der Waals surface area contributed by atoms with Gasteiger partial charge in [0.15, 0.2) is 5.69 Å². The van der Waals surface area contributed by atoms with Crippen molar-refractivity contribution in [3.63, 3.8) is 0 Å². The molecule has 0 unspecified atom stereocenters. The molecule has 7 N–H and O–H groups in total. The van der Waals surface area contributed by atoms with Crippen LogP contribution in [-0.2, 0) is 16.1 Å². The Kier molecular flexibility index (Phi) is 9.61. The Labute approximate surface area is 223 Å². The maximum Gasteiger partial charge on any atom is 0.269 e. The van der Waals surface area contributed by atoms with Crippen LogP contribution in [-0.4, -0.2) is 68.4 Å². The van der Waals surface area contributed by atoms with Crippen molar-refractivity contribution >= 4 is 45.9 Å². The molecular weight excluding hydrogens is 519 g/mol. The number of hydrogen-bond donors (Lipinski definition) is 5. The van der Waals surface area contributed by atoms with Crippen LogP contribution in [0, 0.1) is 5.82 Å². The third kappa shape index (κ3) is 6.57. The Morgan fingerprint density at radius 2 is 1.97 bits per heavy atom. The fourth-order valence-corrected chi connectivity index (χ4v) is 4.27. The number of hydrogen-bond acceptors (Lipinski definition) is 7. The van der Waals surface area contributed by atoms with Gasteiger partial charge in [-0.1, -0.05) is 23.7 Å². The summed E-state index contributed by atoms with van der Waals surface area (Å²) in [5.41, 5.74) is 12.1. The van der Waals surface area contributed by atoms with Gasteiger partial charge in [-0.3, -0.25) is 19.1 Å². The van der Waals surface area contributed by atoms with Crippen LogP contribution < -0.4 is 16.8 Å². The second kappa shape index (κ2) is 12.7. The number of fused-ring (bicyclic) bond motifs is 1. The molecule has 0 aliphatic rings. The van der Waals surface area contributed by atoms with E-state index in [0.29, 0.717) is 16.6 Å². The second-order valence-corrected chi connectivity index (χ2v) is 9.24. The van der Waals surface area contributed by atoms with E-state index in [1.165, 1.54) is 22.9 Å². The van der Waals surface area contributed by atoms with Crippen molar-refractivity contribution in [2.75, 3.05) is 25.5 Å². The number of nitrogens with two attached hydrogens (primary N) is 2. The van der Waals surface area contributed by atoms with E-state index in [2.05, 4.69) is 10.4 Å². The first kappa shape index (κ1) is 28.8. The lowest BCUT2D eigenvalue weighted by molar-refractivity contribution is -0.139. The lowest BCUT2D eigenvalue weighted by Crippen LogP contribution is -2.48. The van der Waals surface area contributed by atoms with E-state index in [9.17, 15) is 29.0 Å². The highest BCUT2D eigenvalue weighted by atomic mass is 35.5. The Hall–Kier alpha value is -3.74. The molecular formula is C25H30ClFN6O5. The number of nitrogen functional groups attached to an aromatic ring is 1. The van der Waals surface area contributed by atoms with E-state index in [0.717, 1.165) is 4.90 Å². The van der Waals surface area contributed by atoms with E-state index in [1.54, 1.807) is 25.1 Å². The average molecular weight is 549 g/mol. The van der Waals surface area contributed by atoms with Crippen LogP contribution in [0.1, 0.15) is 41.9 Å². The van der Waals surface area contributed by atoms with Gasteiger partial charge in [0.25, 0.3) is 5.91 Å². The summed E-state index contributed by atoms with van der Waals surface area (Å²) in [5.74, 6) is -2.67. The van der Waals surface area contributed by atoms with Gasteiger partial charge < -0.3 is 31.9 Å². The van der Waals surface area contributed by atoms with Crippen molar-refractivity contribution in [2.24, 2.45) is 5.73 Å². The molecule has 2 atom stereocenters. The van der Waals surface area contributed by atoms with Gasteiger partial charge in [-0.05, 0) is 44.0 Å². The molecule has 3 rings (SSSR count). The number of carbonyl (C=O) groups excluding carboxylic acids is 3. The van der Waals surface area contributed by atoms with Crippen LogP contribution in [0.25, 0.3) is 10.9 Å². The van der Waals surface area contributed by atoms with Gasteiger partial charge in [-0.2, -0.15) is 5.10 Å². The largest absolute Gasteiger partial charge is 0.399 e. The van der Waals surface area contributed by atoms with Gasteiger partial charge in [-0.15, -0.1) is 0 Å². The third-order valence-corrected chi connectivity index (χ3v) is 6.36. The number of primary amides is 1. The molecule has 11 nitrogen and oxygen atoms in total. The SMILES string of the molecule is C[C@H](CO)N(CC(=O)N[C@@H](CCCO)c1cccc(Cl)c1F)C(=O)Cn1nc(C(N)=O)c2cc(N)ccc21. The lowest BCUT2D eigenvalue weighted by atomic mass is 10.0. The quantitative estimate of drug-likeness (QED) is 0.212. The first-order valence-electron chi connectivity index (χ1n) is 11.9. The number of rotatable bonds is 12. The van der Waals surface area contributed by atoms with Crippen LogP contribution in [0.3, 0.4) is 0 Å². The molecule has 3 aromatic rings. The Morgan fingerprint density at radius 1 is 1.24 bits per heavy atom. The van der Waals surface area contributed by atoms with Crippen molar-refractivity contribution in [2.45, 2.75) is 38.4 Å². The summed E-state index contributed by atoms with van der Waals surface area (Å²) in [4.78, 5) is 39.3. The third-order valence-electron chi connectivity index (χ3n) is 6.07. The van der Waals surface area contributed by atoms with Gasteiger partial charge in [0, 0.05) is 23.2 Å². The predicted molar refractivity (Wildman–Crippen MR) is 140 cm³/mol. The molecule has 0 radical (unpaired) electrons. The van der Waals surface area contributed by atoms with Gasteiger partial charge in [0.2, 0.25) is 11.8 Å². The zero-order valence-electron chi connectivity index (χ0n) is 20.7. The van der Waals surface area contributed by atoms with Crippen LogP contribution in [0.15, 0.2) is 36.4 Å². The number of aliphatic hydroxyl groups excluding tert-OH is 2. The van der Waals surface area contributed by atoms with Crippen LogP contribution >= 0.6 is 11.6 Å². The first-order chi connectivity index (χ1) is 18.1. The summed E-state index contributed by atoms with van der Waals surface area (Å²) >= 11 is 5.90. The Balaban J connectivity index is 1.83. The molecule has 3 amide bonds. The van der Waals surface area contributed by atoms with E-state index >= 15 is 0 Å². The van der Waals surface area contributed by atoms with Crippen molar-refractivity contribution < 1.29 is 29.0 Å². The second-order valence-electron chi connectivity index (χ2n) is 8.83. The summed E-state index contributed by atoms with van der Waals surface area (Å²) in [6.07, 6.45) is 0.507. The minimum Gasteiger partial charge on any atom is -0.399 e. The van der Waals surface area contributed by atoms with Crippen molar-refractivity contribution in [1.29, 1.82) is 0 Å². The Morgan fingerprint density at radius 3 is 2.63 bits per heavy atom. The number of halogens is 2. The molecule has 1 aromatic heterocycles. The molecule has 0 saturated heterocycles. The average Bonchev–Trinajstić information content (AvgIpc) is 3.23. The number of amides is 3. The topological polar surface area (TPSA) is 177 Å². The fraction of sp³-hybridized carbons (Fsp3) is 0.360. The Bertz CT molecular complexity index is 1330. The summed E-state index contributed by atoms with van der Waals surface area (Å²) < 4.78 is 15.9. The molecule has 1 heterocycles. The van der Waals surface area contributed by atoms with Crippen molar-refractivity contribution in [3.8, 4) is 0 Å². The number of carbonyl (C=O) groups is 3. The first-order valence-corrected chi connectivity index (χ1v) is 12.2. The molecule has 0 aliphatic carbocycles. The highest BCUT2D eigenvalue weighted by molar-refractivity contribution is 6.30. The molecule has 0 bridgehead atoms. The maximum atomic E-state index is 14.7. The van der Waals surface area contributed by atoms with Gasteiger partial charge in [0.05, 0.1) is 35.8 Å². The standard InChI is InChI=1S/C25H30ClFN6O5/c1-14(13-35)32(11-21(36)30-19(6-3-9-34)16-4-2-5-18(26)23(16)27)22(37)12-33-20-8-7-15(28)10-17(20)24(31-33)25(29)38/h2,4-5,7-8,10,14,19,34-35H,3,6,9,11-13,28H2,1H3,(H2,29,38)(H,30,36)/t14-,19+/m1/s1. The number of benzene rings is 2. The summed E-state index contributed by atoms with van der Waals surface area (Å²) in [6, 6.07) is 7.54. The number of aromatic nitrogens is 2. The van der Waals surface area contributed by atoms with Crippen molar-refractivity contribution in [3.05, 3.63) is 58.5 Å². The number of aliphatic hydroxyl groups is 2. The molecule has 0 saturated carbocycles. The van der Waals surface area contributed by atoms with Crippen LogP contribution in [0.4, 0.5) is 10.1 Å². The molecule has 0 fully saturated rings. The van der Waals surface area contributed by atoms with Crippen LogP contribution in [0.2, 0.25) is 5.02 Å². The number of nitrogens with one attached hydrogen (secondary N) is 1. The number of nitrogens with zero attached hydrogens (tertiary/aromatic N) is 3. The zero-order chi connectivity index (χ0) is 28.0. The molecule has 204 valence electrons. The summed E-state index contributed by atoms with van der Waals surface area (Å²) in [5, 5.41) is 26.1. The highest BCUT2D eigenvalue weighted by Crippen LogP contribution is 2.26. The molecule has 13 heteroatoms. The van der Waals surface area contributed by atoms with E-state index in [1.807, 2.05) is 0 Å². The van der Waals surface area contributed by atoms with Crippen LogP contribution in [0.5, 0.6) is 0 Å². The maximum absolute atomic E-state index is 14.7. The molecule has 38 heavy (non-hydrogen) atoms. The normalized spacial score (nSPS) is 12.8. The number of anilines is 1. The monoisotopic (exact) mass is 548 g/mol. The molecule has 0 spiro atoms. The molecule has 0 aliphatic heterocycles. The van der Waals surface area contributed by atoms with Crippen molar-refractivity contribution in [1.82, 2.24) is 20.0 Å². The fourth-order valence-electron chi connectivity index (χ4n) is 4.09. The minimum absolute atomic E-state index is 0.0603. The smallest absolute Gasteiger partial charge is 0.269 e. The van der Waals surface area contributed by atoms with Gasteiger partial charge in [-0.25, -0.2) is 4.39 Å². The predicted octanol–water partition coefficient (Wildman–Crippen LogP) is 1.35. The van der Waals surface area contributed by atoms with E-state index in [4.69, 9.17) is 23.1 Å². The minimum atomic E-state index is -0.812. The zero-order valence-corrected chi connectivity index (χ0v) is 21.5. The van der Waals surface area contributed by atoms with E-state index < -0.39 is 48.8 Å². The molecule has 2 aromatic carbocycles. The summed E-state index contributed by atoms with van der Waals surface area (Å²) in [6.45, 7) is 0.146. The summed E-state index contributed by atoms with van der Waals surface area (Å²) in [7, 11) is 0. The lowest BCUT2D eigenvalue weighted by Gasteiger charge is -2.29. The van der Waals surface area contributed by atoms with Gasteiger partial charge >= 0.3 is 0 Å². The van der Waals surface area contributed by atoms with Gasteiger partial charge in [0.1, 0.15) is 12.4 Å². The van der Waals surface area contributed by atoms with E-state index in [-0.39, 0.29) is 42.3 Å². The highest BCUT2D eigenvalue weighted by Gasteiger charge is 2.27.